The second kappa shape index (κ2) is 9.01. The molecule has 1 unspecified atom stereocenters. The molecule has 1 aromatic carbocycles. The van der Waals surface area contributed by atoms with E-state index in [0.717, 1.165) is 5.56 Å². The van der Waals surface area contributed by atoms with E-state index >= 15 is 0 Å². The number of aromatic nitrogens is 1. The van der Waals surface area contributed by atoms with Gasteiger partial charge in [0.25, 0.3) is 5.91 Å². The SMILES string of the molecule is C=CCOc1ccccc1C1=NOC(CC(=O)O)(C(=O)NCc2cccnc2)C1. The predicted molar refractivity (Wildman–Crippen MR) is 105 cm³/mol. The van der Waals surface area contributed by atoms with Gasteiger partial charge in [-0.15, -0.1) is 0 Å². The number of hydrogen-bond acceptors (Lipinski definition) is 6. The van der Waals surface area contributed by atoms with Gasteiger partial charge in [0.1, 0.15) is 12.4 Å². The van der Waals surface area contributed by atoms with Gasteiger partial charge in [-0.05, 0) is 23.8 Å². The molecule has 1 aromatic heterocycles. The molecule has 0 radical (unpaired) electrons. The lowest BCUT2D eigenvalue weighted by Gasteiger charge is -2.23. The molecule has 1 amide bonds. The molecule has 0 bridgehead atoms. The number of hydrogen-bond donors (Lipinski definition) is 2. The van der Waals surface area contributed by atoms with Crippen LogP contribution in [-0.4, -0.2) is 39.9 Å². The Hall–Kier alpha value is -3.68. The van der Waals surface area contributed by atoms with E-state index in [4.69, 9.17) is 9.57 Å². The quantitative estimate of drug-likeness (QED) is 0.631. The lowest BCUT2D eigenvalue weighted by atomic mass is 9.89. The molecule has 8 nitrogen and oxygen atoms in total. The van der Waals surface area contributed by atoms with E-state index in [1.165, 1.54) is 0 Å². The minimum atomic E-state index is -1.63. The molecule has 0 saturated heterocycles. The van der Waals surface area contributed by atoms with Crippen LogP contribution in [0.1, 0.15) is 24.0 Å². The first kappa shape index (κ1) is 20.1. The third-order valence-corrected chi connectivity index (χ3v) is 4.36. The average molecular weight is 395 g/mol. The summed E-state index contributed by atoms with van der Waals surface area (Å²) in [5.74, 6) is -1.15. The zero-order valence-electron chi connectivity index (χ0n) is 15.7. The highest BCUT2D eigenvalue weighted by atomic mass is 16.7. The van der Waals surface area contributed by atoms with Gasteiger partial charge >= 0.3 is 5.97 Å². The number of carbonyl (C=O) groups excluding carboxylic acids is 1. The predicted octanol–water partition coefficient (Wildman–Crippen LogP) is 2.30. The monoisotopic (exact) mass is 395 g/mol. The number of carboxylic acids is 1. The molecule has 1 atom stereocenters. The average Bonchev–Trinajstić information content (AvgIpc) is 3.16. The van der Waals surface area contributed by atoms with E-state index in [-0.39, 0.29) is 13.0 Å². The maximum atomic E-state index is 12.9. The number of ether oxygens (including phenoxy) is 1. The molecule has 29 heavy (non-hydrogen) atoms. The molecule has 1 aliphatic rings. The van der Waals surface area contributed by atoms with Gasteiger partial charge in [0.15, 0.2) is 0 Å². The smallest absolute Gasteiger partial charge is 0.308 e. The number of nitrogens with zero attached hydrogens (tertiary/aromatic N) is 2. The van der Waals surface area contributed by atoms with Crippen molar-refractivity contribution in [1.82, 2.24) is 10.3 Å². The minimum absolute atomic E-state index is 0.00658. The Morgan fingerprint density at radius 3 is 2.86 bits per heavy atom. The highest BCUT2D eigenvalue weighted by Gasteiger charge is 2.49. The van der Waals surface area contributed by atoms with Crippen LogP contribution in [0.25, 0.3) is 0 Å². The fraction of sp³-hybridized carbons (Fsp3) is 0.238. The van der Waals surface area contributed by atoms with Crippen LogP contribution in [0.15, 0.2) is 66.6 Å². The first-order valence-electron chi connectivity index (χ1n) is 9.01. The van der Waals surface area contributed by atoms with Crippen LogP contribution in [0.2, 0.25) is 0 Å². The molecule has 1 aliphatic heterocycles. The van der Waals surface area contributed by atoms with Crippen LogP contribution in [0.5, 0.6) is 5.75 Å². The van der Waals surface area contributed by atoms with Crippen molar-refractivity contribution >= 4 is 17.6 Å². The fourth-order valence-electron chi connectivity index (χ4n) is 2.99. The summed E-state index contributed by atoms with van der Waals surface area (Å²) in [5, 5.41) is 16.1. The third-order valence-electron chi connectivity index (χ3n) is 4.36. The summed E-state index contributed by atoms with van der Waals surface area (Å²) in [5.41, 5.74) is 0.243. The molecule has 2 aromatic rings. The zero-order chi connectivity index (χ0) is 20.7. The van der Waals surface area contributed by atoms with Gasteiger partial charge in [-0.2, -0.15) is 0 Å². The number of carbonyl (C=O) groups is 2. The lowest BCUT2D eigenvalue weighted by molar-refractivity contribution is -0.156. The van der Waals surface area contributed by atoms with Crippen LogP contribution >= 0.6 is 0 Å². The number of para-hydroxylation sites is 1. The molecule has 0 fully saturated rings. The first-order valence-corrected chi connectivity index (χ1v) is 9.01. The van der Waals surface area contributed by atoms with Gasteiger partial charge in [0.05, 0.1) is 12.1 Å². The van der Waals surface area contributed by atoms with Crippen LogP contribution in [0.4, 0.5) is 0 Å². The normalized spacial score (nSPS) is 17.7. The fourth-order valence-corrected chi connectivity index (χ4v) is 2.99. The van der Waals surface area contributed by atoms with Crippen molar-refractivity contribution in [2.24, 2.45) is 5.16 Å². The van der Waals surface area contributed by atoms with Gasteiger partial charge < -0.3 is 20.0 Å². The standard InChI is InChI=1S/C21H21N3O5/c1-2-10-28-18-8-4-3-7-16(18)17-11-21(29-24-17,12-19(25)26)20(27)23-14-15-6-5-9-22-13-15/h2-9,13H,1,10-12,14H2,(H,23,27)(H,25,26). The van der Waals surface area contributed by atoms with Crippen molar-refractivity contribution < 1.29 is 24.3 Å². The minimum Gasteiger partial charge on any atom is -0.489 e. The van der Waals surface area contributed by atoms with Gasteiger partial charge in [-0.1, -0.05) is 36.0 Å². The van der Waals surface area contributed by atoms with Crippen LogP contribution < -0.4 is 10.1 Å². The number of carboxylic acid groups (broad SMARTS) is 1. The Bertz CT molecular complexity index is 929. The summed E-state index contributed by atoms with van der Waals surface area (Å²) in [6.07, 6.45) is 4.35. The number of benzene rings is 1. The molecule has 8 heteroatoms. The van der Waals surface area contributed by atoms with E-state index in [9.17, 15) is 14.7 Å². The molecular weight excluding hydrogens is 374 g/mol. The largest absolute Gasteiger partial charge is 0.489 e. The molecule has 0 saturated carbocycles. The number of oxime groups is 1. The summed E-state index contributed by atoms with van der Waals surface area (Å²) in [6, 6.07) is 10.7. The second-order valence-corrected chi connectivity index (χ2v) is 6.51. The molecule has 2 N–H and O–H groups in total. The highest BCUT2D eigenvalue weighted by molar-refractivity contribution is 6.07. The van der Waals surface area contributed by atoms with E-state index in [1.54, 1.807) is 42.7 Å². The Balaban J connectivity index is 1.78. The van der Waals surface area contributed by atoms with Crippen molar-refractivity contribution in [1.29, 1.82) is 0 Å². The third kappa shape index (κ3) is 4.78. The summed E-state index contributed by atoms with van der Waals surface area (Å²) in [4.78, 5) is 33.7. The zero-order valence-corrected chi connectivity index (χ0v) is 15.7. The number of pyridine rings is 1. The van der Waals surface area contributed by atoms with E-state index < -0.39 is 23.9 Å². The summed E-state index contributed by atoms with van der Waals surface area (Å²) < 4.78 is 5.64. The van der Waals surface area contributed by atoms with Crippen molar-refractivity contribution in [2.45, 2.75) is 25.0 Å². The number of nitrogens with one attached hydrogen (secondary N) is 1. The lowest BCUT2D eigenvalue weighted by Crippen LogP contribution is -2.48. The van der Waals surface area contributed by atoms with E-state index in [1.807, 2.05) is 12.1 Å². The Labute approximate surface area is 167 Å². The second-order valence-electron chi connectivity index (χ2n) is 6.51. The topological polar surface area (TPSA) is 110 Å². The van der Waals surface area contributed by atoms with Gasteiger partial charge in [-0.3, -0.25) is 14.6 Å². The van der Waals surface area contributed by atoms with E-state index in [2.05, 4.69) is 22.0 Å². The van der Waals surface area contributed by atoms with Crippen LogP contribution in [0.3, 0.4) is 0 Å². The van der Waals surface area contributed by atoms with Crippen molar-refractivity contribution in [3.8, 4) is 5.75 Å². The van der Waals surface area contributed by atoms with Gasteiger partial charge in [-0.25, -0.2) is 0 Å². The molecule has 2 heterocycles. The van der Waals surface area contributed by atoms with Crippen molar-refractivity contribution in [3.05, 3.63) is 72.6 Å². The van der Waals surface area contributed by atoms with Crippen molar-refractivity contribution in [3.63, 3.8) is 0 Å². The molecular formula is C21H21N3O5. The van der Waals surface area contributed by atoms with E-state index in [0.29, 0.717) is 23.6 Å². The summed E-state index contributed by atoms with van der Waals surface area (Å²) >= 11 is 0. The van der Waals surface area contributed by atoms with Crippen LogP contribution in [0, 0.1) is 0 Å². The number of amides is 1. The van der Waals surface area contributed by atoms with Gasteiger partial charge in [0.2, 0.25) is 5.60 Å². The Morgan fingerprint density at radius 2 is 2.14 bits per heavy atom. The molecule has 0 aliphatic carbocycles. The Morgan fingerprint density at radius 1 is 1.31 bits per heavy atom. The molecule has 3 rings (SSSR count). The molecule has 150 valence electrons. The Kier molecular flexibility index (Phi) is 6.23. The van der Waals surface area contributed by atoms with Crippen molar-refractivity contribution in [2.75, 3.05) is 6.61 Å². The summed E-state index contributed by atoms with van der Waals surface area (Å²) in [7, 11) is 0. The maximum Gasteiger partial charge on any atom is 0.308 e. The van der Waals surface area contributed by atoms with Gasteiger partial charge in [0, 0.05) is 30.9 Å². The van der Waals surface area contributed by atoms with Crippen LogP contribution in [-0.2, 0) is 21.0 Å². The maximum absolute atomic E-state index is 12.9. The first-order chi connectivity index (χ1) is 14.0. The number of aliphatic carboxylic acids is 1. The highest BCUT2D eigenvalue weighted by Crippen LogP contribution is 2.33. The summed E-state index contributed by atoms with van der Waals surface area (Å²) in [6.45, 7) is 4.13. The number of rotatable bonds is 9. The molecule has 0 spiro atoms.